The van der Waals surface area contributed by atoms with Gasteiger partial charge in [0.25, 0.3) is 5.91 Å². The summed E-state index contributed by atoms with van der Waals surface area (Å²) in [6.45, 7) is 3.68. The molecule has 4 nitrogen and oxygen atoms in total. The van der Waals surface area contributed by atoms with Crippen LogP contribution in [0.4, 0.5) is 0 Å². The van der Waals surface area contributed by atoms with Crippen molar-refractivity contribution in [3.8, 4) is 0 Å². The Morgan fingerprint density at radius 2 is 2.21 bits per heavy atom. The molecule has 1 aromatic heterocycles. The van der Waals surface area contributed by atoms with Crippen molar-refractivity contribution in [3.05, 3.63) is 29.6 Å². The van der Waals surface area contributed by atoms with Crippen LogP contribution in [-0.2, 0) is 0 Å². The lowest BCUT2D eigenvalue weighted by Gasteiger charge is -2.24. The quantitative estimate of drug-likeness (QED) is 0.930. The fourth-order valence-corrected chi connectivity index (χ4v) is 2.39. The third kappa shape index (κ3) is 4.34. The number of hydrogen-bond donors (Lipinski definition) is 1. The molecule has 0 aromatic carbocycles. The summed E-state index contributed by atoms with van der Waals surface area (Å²) in [6.07, 6.45) is 5.61. The number of amides is 1. The van der Waals surface area contributed by atoms with Crippen molar-refractivity contribution in [2.24, 2.45) is 0 Å². The van der Waals surface area contributed by atoms with Crippen molar-refractivity contribution in [3.63, 3.8) is 0 Å². The molecular formula is C13H21Cl2N3O. The largest absolute Gasteiger partial charge is 0.334 e. The van der Waals surface area contributed by atoms with Crippen LogP contribution in [0.2, 0.25) is 0 Å². The lowest BCUT2D eigenvalue weighted by atomic mass is 10.1. The van der Waals surface area contributed by atoms with Crippen LogP contribution >= 0.6 is 24.8 Å². The van der Waals surface area contributed by atoms with Crippen LogP contribution in [0.3, 0.4) is 0 Å². The molecule has 19 heavy (non-hydrogen) atoms. The first-order valence-electron chi connectivity index (χ1n) is 6.09. The molecule has 1 aromatic rings. The molecule has 0 bridgehead atoms. The highest BCUT2D eigenvalue weighted by Crippen LogP contribution is 2.19. The molecule has 1 aliphatic rings. The van der Waals surface area contributed by atoms with Gasteiger partial charge in [0.05, 0.1) is 5.56 Å². The monoisotopic (exact) mass is 305 g/mol. The maximum atomic E-state index is 12.3. The molecule has 1 atom stereocenters. The van der Waals surface area contributed by atoms with Crippen molar-refractivity contribution < 1.29 is 4.79 Å². The Labute approximate surface area is 126 Å². The zero-order valence-electron chi connectivity index (χ0n) is 11.3. The normalized spacial score (nSPS) is 17.6. The third-order valence-corrected chi connectivity index (χ3v) is 3.20. The Hall–Kier alpha value is -0.840. The number of halogens is 2. The van der Waals surface area contributed by atoms with Gasteiger partial charge in [-0.25, -0.2) is 0 Å². The molecule has 1 saturated heterocycles. The topological polar surface area (TPSA) is 45.2 Å². The molecule has 1 unspecified atom stereocenters. The average Bonchev–Trinajstić information content (AvgIpc) is 2.77. The second-order valence-corrected chi connectivity index (χ2v) is 4.60. The Kier molecular flexibility index (Phi) is 7.99. The number of nitrogens with zero attached hydrogens (tertiary/aromatic N) is 2. The van der Waals surface area contributed by atoms with Gasteiger partial charge in [0.1, 0.15) is 0 Å². The number of nitrogens with one attached hydrogen (secondary N) is 1. The van der Waals surface area contributed by atoms with Gasteiger partial charge in [-0.1, -0.05) is 0 Å². The van der Waals surface area contributed by atoms with Crippen LogP contribution in [0.1, 0.15) is 28.8 Å². The SMILES string of the molecule is CNCC1CCCN1C(=O)c1cncc(C)c1.Cl.Cl. The number of rotatable bonds is 3. The van der Waals surface area contributed by atoms with Crippen molar-refractivity contribution in [1.82, 2.24) is 15.2 Å². The number of likely N-dealkylation sites (tertiary alicyclic amines) is 1. The second-order valence-electron chi connectivity index (χ2n) is 4.60. The molecule has 108 valence electrons. The predicted octanol–water partition coefficient (Wildman–Crippen LogP) is 2.06. The van der Waals surface area contributed by atoms with Crippen molar-refractivity contribution in [2.45, 2.75) is 25.8 Å². The van der Waals surface area contributed by atoms with Gasteiger partial charge in [-0.3, -0.25) is 9.78 Å². The van der Waals surface area contributed by atoms with Gasteiger partial charge in [-0.15, -0.1) is 24.8 Å². The zero-order chi connectivity index (χ0) is 12.3. The second kappa shape index (κ2) is 8.35. The van der Waals surface area contributed by atoms with Gasteiger partial charge < -0.3 is 10.2 Å². The fraction of sp³-hybridized carbons (Fsp3) is 0.538. The van der Waals surface area contributed by atoms with Crippen LogP contribution < -0.4 is 5.32 Å². The summed E-state index contributed by atoms with van der Waals surface area (Å²) in [7, 11) is 1.93. The lowest BCUT2D eigenvalue weighted by molar-refractivity contribution is 0.0736. The number of carbonyl (C=O) groups excluding carboxylic acids is 1. The maximum Gasteiger partial charge on any atom is 0.255 e. The molecule has 0 aliphatic carbocycles. The molecule has 0 spiro atoms. The highest BCUT2D eigenvalue weighted by atomic mass is 35.5. The predicted molar refractivity (Wildman–Crippen MR) is 81.5 cm³/mol. The summed E-state index contributed by atoms with van der Waals surface area (Å²) in [4.78, 5) is 18.4. The summed E-state index contributed by atoms with van der Waals surface area (Å²) in [5, 5.41) is 3.15. The van der Waals surface area contributed by atoms with E-state index in [2.05, 4.69) is 10.3 Å². The molecule has 1 fully saturated rings. The average molecular weight is 306 g/mol. The van der Waals surface area contributed by atoms with Crippen LogP contribution in [0.25, 0.3) is 0 Å². The first kappa shape index (κ1) is 18.2. The van der Waals surface area contributed by atoms with E-state index in [0.29, 0.717) is 11.6 Å². The van der Waals surface area contributed by atoms with E-state index in [1.165, 1.54) is 0 Å². The van der Waals surface area contributed by atoms with Gasteiger partial charge in [-0.05, 0) is 38.4 Å². The zero-order valence-corrected chi connectivity index (χ0v) is 12.9. The third-order valence-electron chi connectivity index (χ3n) is 3.20. The number of likely N-dealkylation sites (N-methyl/N-ethyl adjacent to an activating group) is 1. The number of pyridine rings is 1. The molecule has 0 saturated carbocycles. The molecule has 1 aliphatic heterocycles. The number of carbonyl (C=O) groups is 1. The van der Waals surface area contributed by atoms with Crippen LogP contribution in [0.15, 0.2) is 18.5 Å². The maximum absolute atomic E-state index is 12.3. The minimum atomic E-state index is 0. The van der Waals surface area contributed by atoms with Gasteiger partial charge >= 0.3 is 0 Å². The van der Waals surface area contributed by atoms with Crippen molar-refractivity contribution in [1.29, 1.82) is 0 Å². The van der Waals surface area contributed by atoms with Gasteiger partial charge in [0.15, 0.2) is 0 Å². The molecule has 1 amide bonds. The first-order valence-corrected chi connectivity index (χ1v) is 6.09. The van der Waals surface area contributed by atoms with Crippen LogP contribution in [0, 0.1) is 6.92 Å². The molecule has 2 heterocycles. The number of aromatic nitrogens is 1. The van der Waals surface area contributed by atoms with Gasteiger partial charge in [0.2, 0.25) is 0 Å². The minimum absolute atomic E-state index is 0. The van der Waals surface area contributed by atoms with E-state index in [1.54, 1.807) is 12.4 Å². The van der Waals surface area contributed by atoms with E-state index in [1.807, 2.05) is 24.9 Å². The number of aryl methyl sites for hydroxylation is 1. The minimum Gasteiger partial charge on any atom is -0.334 e. The highest BCUT2D eigenvalue weighted by molar-refractivity contribution is 5.94. The summed E-state index contributed by atoms with van der Waals surface area (Å²) in [5.41, 5.74) is 1.73. The van der Waals surface area contributed by atoms with Crippen molar-refractivity contribution >= 4 is 30.7 Å². The molecule has 0 radical (unpaired) electrons. The Bertz CT molecular complexity index is 415. The standard InChI is InChI=1S/C13H19N3O.2ClH/c1-10-6-11(8-15-7-10)13(17)16-5-3-4-12(16)9-14-2;;/h6-8,12,14H,3-5,9H2,1-2H3;2*1H. The lowest BCUT2D eigenvalue weighted by Crippen LogP contribution is -2.40. The summed E-state index contributed by atoms with van der Waals surface area (Å²) in [5.74, 6) is 0.110. The Balaban J connectivity index is 0.00000162. The van der Waals surface area contributed by atoms with E-state index in [9.17, 15) is 4.79 Å². The van der Waals surface area contributed by atoms with Crippen LogP contribution in [0.5, 0.6) is 0 Å². The van der Waals surface area contributed by atoms with Gasteiger partial charge in [0, 0.05) is 31.5 Å². The highest BCUT2D eigenvalue weighted by Gasteiger charge is 2.28. The van der Waals surface area contributed by atoms with Crippen molar-refractivity contribution in [2.75, 3.05) is 20.1 Å². The van der Waals surface area contributed by atoms with E-state index in [-0.39, 0.29) is 30.7 Å². The number of hydrogen-bond acceptors (Lipinski definition) is 3. The fourth-order valence-electron chi connectivity index (χ4n) is 2.39. The smallest absolute Gasteiger partial charge is 0.255 e. The Morgan fingerprint density at radius 3 is 2.84 bits per heavy atom. The van der Waals surface area contributed by atoms with E-state index < -0.39 is 0 Å². The first-order chi connectivity index (χ1) is 8.22. The molecule has 1 N–H and O–H groups in total. The summed E-state index contributed by atoms with van der Waals surface area (Å²) < 4.78 is 0. The Morgan fingerprint density at radius 1 is 1.47 bits per heavy atom. The molecule has 2 rings (SSSR count). The molecular weight excluding hydrogens is 285 g/mol. The molecule has 6 heteroatoms. The van der Waals surface area contributed by atoms with Gasteiger partial charge in [-0.2, -0.15) is 0 Å². The summed E-state index contributed by atoms with van der Waals surface area (Å²) >= 11 is 0. The van der Waals surface area contributed by atoms with E-state index in [4.69, 9.17) is 0 Å². The van der Waals surface area contributed by atoms with Crippen LogP contribution in [-0.4, -0.2) is 42.0 Å². The van der Waals surface area contributed by atoms with E-state index >= 15 is 0 Å². The summed E-state index contributed by atoms with van der Waals surface area (Å²) in [6, 6.07) is 2.23. The van der Waals surface area contributed by atoms with E-state index in [0.717, 1.165) is 31.5 Å².